The van der Waals surface area contributed by atoms with Crippen molar-refractivity contribution < 1.29 is 13.9 Å². The maximum atomic E-state index is 13.0. The van der Waals surface area contributed by atoms with Crippen LogP contribution in [0.25, 0.3) is 0 Å². The van der Waals surface area contributed by atoms with Crippen LogP contribution >= 0.6 is 0 Å². The lowest BCUT2D eigenvalue weighted by Gasteiger charge is -2.16. The Labute approximate surface area is 76.0 Å². The Morgan fingerprint density at radius 3 is 2.38 bits per heavy atom. The Hall–Kier alpha value is -0.960. The number of rotatable bonds is 2. The summed E-state index contributed by atoms with van der Waals surface area (Å²) in [5.41, 5.74) is 1.36. The Morgan fingerprint density at radius 1 is 1.31 bits per heavy atom. The van der Waals surface area contributed by atoms with Gasteiger partial charge in [0.05, 0.1) is 0 Å². The van der Waals surface area contributed by atoms with E-state index >= 15 is 0 Å². The van der Waals surface area contributed by atoms with Gasteiger partial charge in [0.15, 0.2) is 0 Å². The van der Waals surface area contributed by atoms with Crippen LogP contribution in [0.4, 0.5) is 8.78 Å². The van der Waals surface area contributed by atoms with E-state index in [9.17, 15) is 8.78 Å². The highest BCUT2D eigenvalue weighted by atomic mass is 19.3. The molecule has 0 unspecified atom stereocenters. The van der Waals surface area contributed by atoms with Gasteiger partial charge in [-0.3, -0.25) is 0 Å². The monoisotopic (exact) mass is 186 g/mol. The van der Waals surface area contributed by atoms with Crippen molar-refractivity contribution in [2.75, 3.05) is 6.61 Å². The Bertz CT molecular complexity index is 308. The second-order valence-electron chi connectivity index (χ2n) is 3.18. The average Bonchev–Trinajstić information content (AvgIpc) is 2.03. The van der Waals surface area contributed by atoms with E-state index in [0.717, 1.165) is 5.56 Å². The fourth-order valence-corrected chi connectivity index (χ4v) is 1.31. The van der Waals surface area contributed by atoms with Gasteiger partial charge in [-0.05, 0) is 19.4 Å². The van der Waals surface area contributed by atoms with Crippen LogP contribution in [-0.2, 0) is 5.92 Å². The molecule has 0 aliphatic heterocycles. The Balaban J connectivity index is 3.16. The topological polar surface area (TPSA) is 20.2 Å². The molecule has 1 N–H and O–H groups in total. The first-order chi connectivity index (χ1) is 5.97. The van der Waals surface area contributed by atoms with E-state index in [4.69, 9.17) is 5.11 Å². The van der Waals surface area contributed by atoms with Crippen molar-refractivity contribution in [3.8, 4) is 0 Å². The third-order valence-corrected chi connectivity index (χ3v) is 1.97. The molecule has 1 nitrogen and oxygen atoms in total. The molecule has 0 saturated heterocycles. The Kier molecular flexibility index (Phi) is 2.66. The summed E-state index contributed by atoms with van der Waals surface area (Å²) in [5, 5.41) is 8.49. The van der Waals surface area contributed by atoms with Gasteiger partial charge >= 0.3 is 0 Å². The summed E-state index contributed by atoms with van der Waals surface area (Å²) in [6.45, 7) is 2.32. The molecule has 0 saturated carbocycles. The van der Waals surface area contributed by atoms with Crippen molar-refractivity contribution in [1.82, 2.24) is 0 Å². The molecule has 0 fully saturated rings. The lowest BCUT2D eigenvalue weighted by molar-refractivity contribution is -0.0561. The molecule has 13 heavy (non-hydrogen) atoms. The summed E-state index contributed by atoms with van der Waals surface area (Å²) < 4.78 is 26.1. The summed E-state index contributed by atoms with van der Waals surface area (Å²) in [7, 11) is 0. The molecule has 0 atom stereocenters. The highest BCUT2D eigenvalue weighted by molar-refractivity contribution is 5.33. The van der Waals surface area contributed by atoms with Crippen molar-refractivity contribution in [1.29, 1.82) is 0 Å². The van der Waals surface area contributed by atoms with E-state index in [1.165, 1.54) is 6.07 Å². The Morgan fingerprint density at radius 2 is 1.92 bits per heavy atom. The zero-order chi connectivity index (χ0) is 10.1. The smallest absolute Gasteiger partial charge is 0.296 e. The van der Waals surface area contributed by atoms with Gasteiger partial charge < -0.3 is 5.11 Å². The number of hydrogen-bond donors (Lipinski definition) is 1. The van der Waals surface area contributed by atoms with Crippen LogP contribution in [0.15, 0.2) is 18.2 Å². The maximum absolute atomic E-state index is 13.0. The molecule has 72 valence electrons. The van der Waals surface area contributed by atoms with Crippen molar-refractivity contribution in [2.24, 2.45) is 0 Å². The molecule has 3 heteroatoms. The molecule has 0 radical (unpaired) electrons. The van der Waals surface area contributed by atoms with Crippen LogP contribution in [0.5, 0.6) is 0 Å². The molecule has 0 heterocycles. The molecule has 0 bridgehead atoms. The largest absolute Gasteiger partial charge is 0.390 e. The normalized spacial score (nSPS) is 11.8. The fourth-order valence-electron chi connectivity index (χ4n) is 1.31. The predicted octanol–water partition coefficient (Wildman–Crippen LogP) is 2.39. The maximum Gasteiger partial charge on any atom is 0.296 e. The van der Waals surface area contributed by atoms with E-state index in [1.54, 1.807) is 19.1 Å². The zero-order valence-electron chi connectivity index (χ0n) is 7.64. The molecular formula is C10H12F2O. The first-order valence-electron chi connectivity index (χ1n) is 4.04. The third-order valence-electron chi connectivity index (χ3n) is 1.97. The summed E-state index contributed by atoms with van der Waals surface area (Å²) in [6.07, 6.45) is 0. The summed E-state index contributed by atoms with van der Waals surface area (Å²) in [5.74, 6) is -3.13. The standard InChI is InChI=1S/C10H12F2O/c1-7-3-4-9(8(2)5-7)10(11,12)6-13/h3-5,13H,6H2,1-2H3. The minimum absolute atomic E-state index is 0.0967. The van der Waals surface area contributed by atoms with Gasteiger partial charge in [-0.1, -0.05) is 23.8 Å². The summed E-state index contributed by atoms with van der Waals surface area (Å²) in [6, 6.07) is 4.66. The van der Waals surface area contributed by atoms with Gasteiger partial charge in [-0.15, -0.1) is 0 Å². The number of benzene rings is 1. The highest BCUT2D eigenvalue weighted by Gasteiger charge is 2.31. The molecular weight excluding hydrogens is 174 g/mol. The van der Waals surface area contributed by atoms with Gasteiger partial charge in [0.25, 0.3) is 5.92 Å². The molecule has 1 aromatic carbocycles. The molecule has 0 spiro atoms. The number of aliphatic hydroxyl groups is 1. The lowest BCUT2D eigenvalue weighted by atomic mass is 10.0. The van der Waals surface area contributed by atoms with Crippen molar-refractivity contribution >= 4 is 0 Å². The summed E-state index contributed by atoms with van der Waals surface area (Å²) in [4.78, 5) is 0. The van der Waals surface area contributed by atoms with Crippen LogP contribution in [-0.4, -0.2) is 11.7 Å². The molecule has 0 amide bonds. The third kappa shape index (κ3) is 2.04. The minimum Gasteiger partial charge on any atom is -0.390 e. The number of hydrogen-bond acceptors (Lipinski definition) is 1. The number of aliphatic hydroxyl groups excluding tert-OH is 1. The van der Waals surface area contributed by atoms with E-state index in [2.05, 4.69) is 0 Å². The van der Waals surface area contributed by atoms with Gasteiger partial charge in [0.1, 0.15) is 6.61 Å². The first kappa shape index (κ1) is 10.1. The van der Waals surface area contributed by atoms with Crippen LogP contribution in [0.1, 0.15) is 16.7 Å². The highest BCUT2D eigenvalue weighted by Crippen LogP contribution is 2.29. The number of alkyl halides is 2. The van der Waals surface area contributed by atoms with Gasteiger partial charge in [-0.2, -0.15) is 8.78 Å². The van der Waals surface area contributed by atoms with E-state index in [0.29, 0.717) is 5.56 Å². The van der Waals surface area contributed by atoms with E-state index < -0.39 is 12.5 Å². The average molecular weight is 186 g/mol. The van der Waals surface area contributed by atoms with Gasteiger partial charge in [-0.25, -0.2) is 0 Å². The van der Waals surface area contributed by atoms with Crippen molar-refractivity contribution in [2.45, 2.75) is 19.8 Å². The number of aryl methyl sites for hydroxylation is 2. The van der Waals surface area contributed by atoms with Crippen molar-refractivity contribution in [3.63, 3.8) is 0 Å². The van der Waals surface area contributed by atoms with E-state index in [1.807, 2.05) is 6.92 Å². The molecule has 0 aromatic heterocycles. The van der Waals surface area contributed by atoms with E-state index in [-0.39, 0.29) is 5.56 Å². The fraction of sp³-hybridized carbons (Fsp3) is 0.400. The second kappa shape index (κ2) is 3.42. The quantitative estimate of drug-likeness (QED) is 0.751. The van der Waals surface area contributed by atoms with Gasteiger partial charge in [0.2, 0.25) is 0 Å². The van der Waals surface area contributed by atoms with Crippen LogP contribution in [0, 0.1) is 13.8 Å². The van der Waals surface area contributed by atoms with Crippen molar-refractivity contribution in [3.05, 3.63) is 34.9 Å². The lowest BCUT2D eigenvalue weighted by Crippen LogP contribution is -2.19. The predicted molar refractivity (Wildman–Crippen MR) is 46.9 cm³/mol. The second-order valence-corrected chi connectivity index (χ2v) is 3.18. The first-order valence-corrected chi connectivity index (χ1v) is 4.04. The molecule has 0 aliphatic carbocycles. The SMILES string of the molecule is Cc1ccc(C(F)(F)CO)c(C)c1. The van der Waals surface area contributed by atoms with Gasteiger partial charge in [0, 0.05) is 5.56 Å². The van der Waals surface area contributed by atoms with Crippen LogP contribution < -0.4 is 0 Å². The van der Waals surface area contributed by atoms with Crippen LogP contribution in [0.2, 0.25) is 0 Å². The zero-order valence-corrected chi connectivity index (χ0v) is 7.64. The summed E-state index contributed by atoms with van der Waals surface area (Å²) >= 11 is 0. The minimum atomic E-state index is -3.13. The van der Waals surface area contributed by atoms with Crippen LogP contribution in [0.3, 0.4) is 0 Å². The number of halogens is 2. The molecule has 1 rings (SSSR count). The molecule has 1 aromatic rings. The molecule has 0 aliphatic rings.